The molecule has 1 aromatic heterocycles. The third kappa shape index (κ3) is 3.63. The molecule has 0 N–H and O–H groups in total. The van der Waals surface area contributed by atoms with E-state index in [1.807, 2.05) is 47.4 Å². The van der Waals surface area contributed by atoms with Gasteiger partial charge in [-0.05, 0) is 42.2 Å². The van der Waals surface area contributed by atoms with Crippen molar-refractivity contribution in [3.05, 3.63) is 76.6 Å². The van der Waals surface area contributed by atoms with Crippen molar-refractivity contribution in [2.24, 2.45) is 0 Å². The van der Waals surface area contributed by atoms with Crippen LogP contribution in [-0.2, 0) is 6.54 Å². The molecule has 2 aromatic carbocycles. The van der Waals surface area contributed by atoms with Crippen LogP contribution in [0, 0.1) is 0 Å². The van der Waals surface area contributed by atoms with E-state index < -0.39 is 0 Å². The van der Waals surface area contributed by atoms with Crippen molar-refractivity contribution in [3.8, 4) is 11.5 Å². The van der Waals surface area contributed by atoms with Crippen molar-refractivity contribution in [2.45, 2.75) is 25.4 Å². The lowest BCUT2D eigenvalue weighted by molar-refractivity contribution is 0.0735. The van der Waals surface area contributed by atoms with Gasteiger partial charge in [-0.25, -0.2) is 0 Å². The van der Waals surface area contributed by atoms with Gasteiger partial charge in [0.15, 0.2) is 11.5 Å². The average Bonchev–Trinajstić information content (AvgIpc) is 3.44. The summed E-state index contributed by atoms with van der Waals surface area (Å²) < 4.78 is 13.1. The number of carbonyl (C=O) groups is 1. The number of aromatic nitrogens is 2. The minimum absolute atomic E-state index is 0.00204. The molecule has 2 aliphatic heterocycles. The number of benzene rings is 2. The molecule has 154 valence electrons. The Bertz CT molecular complexity index is 1080. The SMILES string of the molecule is O=C(c1cnn(Cc2ccccc2Cl)c1)N1CCCC1c1ccc2c(c1)OCCO2. The van der Waals surface area contributed by atoms with Crippen LogP contribution in [0.15, 0.2) is 54.9 Å². The van der Waals surface area contributed by atoms with Gasteiger partial charge in [0.25, 0.3) is 5.91 Å². The molecule has 1 unspecified atom stereocenters. The van der Waals surface area contributed by atoms with Gasteiger partial charge in [-0.1, -0.05) is 35.9 Å². The first-order valence-corrected chi connectivity index (χ1v) is 10.5. The van der Waals surface area contributed by atoms with Gasteiger partial charge in [0, 0.05) is 17.8 Å². The molecule has 1 fully saturated rings. The first-order chi connectivity index (χ1) is 14.7. The summed E-state index contributed by atoms with van der Waals surface area (Å²) in [5.41, 5.74) is 2.64. The van der Waals surface area contributed by atoms with Crippen LogP contribution in [0.4, 0.5) is 0 Å². The summed E-state index contributed by atoms with van der Waals surface area (Å²) >= 11 is 6.25. The van der Waals surface area contributed by atoms with Crippen molar-refractivity contribution in [1.82, 2.24) is 14.7 Å². The van der Waals surface area contributed by atoms with Crippen molar-refractivity contribution in [1.29, 1.82) is 0 Å². The maximum absolute atomic E-state index is 13.2. The van der Waals surface area contributed by atoms with Crippen molar-refractivity contribution < 1.29 is 14.3 Å². The highest BCUT2D eigenvalue weighted by Crippen LogP contribution is 2.38. The molecule has 0 spiro atoms. The van der Waals surface area contributed by atoms with E-state index in [1.165, 1.54) is 0 Å². The minimum atomic E-state index is -0.00204. The van der Waals surface area contributed by atoms with Gasteiger partial charge < -0.3 is 14.4 Å². The fourth-order valence-electron chi connectivity index (χ4n) is 4.15. The van der Waals surface area contributed by atoms with E-state index in [1.54, 1.807) is 17.1 Å². The van der Waals surface area contributed by atoms with Crippen LogP contribution in [0.1, 0.15) is 40.4 Å². The smallest absolute Gasteiger partial charge is 0.257 e. The van der Waals surface area contributed by atoms with Crippen LogP contribution >= 0.6 is 11.6 Å². The fourth-order valence-corrected chi connectivity index (χ4v) is 4.35. The Kier molecular flexibility index (Phi) is 5.09. The zero-order valence-corrected chi connectivity index (χ0v) is 17.2. The van der Waals surface area contributed by atoms with Crippen LogP contribution in [0.2, 0.25) is 5.02 Å². The molecule has 7 heteroatoms. The molecule has 1 amide bonds. The summed E-state index contributed by atoms with van der Waals surface area (Å²) in [7, 11) is 0. The van der Waals surface area contributed by atoms with E-state index in [2.05, 4.69) is 5.10 Å². The standard InChI is InChI=1S/C23H22ClN3O3/c24-19-5-2-1-4-17(19)14-26-15-18(13-25-26)23(28)27-9-3-6-20(27)16-7-8-21-22(12-16)30-11-10-29-21/h1-2,4-5,7-8,12-13,15,20H,3,6,9-11,14H2. The lowest BCUT2D eigenvalue weighted by Crippen LogP contribution is -2.30. The maximum atomic E-state index is 13.2. The van der Waals surface area contributed by atoms with Crippen LogP contribution in [0.5, 0.6) is 11.5 Å². The first-order valence-electron chi connectivity index (χ1n) is 10.2. The molecule has 1 atom stereocenters. The number of rotatable bonds is 4. The Labute approximate surface area is 180 Å². The fraction of sp³-hybridized carbons (Fsp3) is 0.304. The largest absolute Gasteiger partial charge is 0.486 e. The Morgan fingerprint density at radius 3 is 2.83 bits per heavy atom. The number of hydrogen-bond acceptors (Lipinski definition) is 4. The molecule has 0 aliphatic carbocycles. The summed E-state index contributed by atoms with van der Waals surface area (Å²) in [6.07, 6.45) is 5.33. The third-order valence-electron chi connectivity index (χ3n) is 5.64. The van der Waals surface area contributed by atoms with E-state index in [4.69, 9.17) is 21.1 Å². The van der Waals surface area contributed by atoms with Gasteiger partial charge >= 0.3 is 0 Å². The number of halogens is 1. The number of ether oxygens (including phenoxy) is 2. The van der Waals surface area contributed by atoms with Gasteiger partial charge in [0.05, 0.1) is 24.3 Å². The van der Waals surface area contributed by atoms with Crippen LogP contribution < -0.4 is 9.47 Å². The average molecular weight is 424 g/mol. The maximum Gasteiger partial charge on any atom is 0.257 e. The Morgan fingerprint density at radius 1 is 1.13 bits per heavy atom. The number of hydrogen-bond donors (Lipinski definition) is 0. The number of fused-ring (bicyclic) bond motifs is 1. The monoisotopic (exact) mass is 423 g/mol. The highest BCUT2D eigenvalue weighted by atomic mass is 35.5. The van der Waals surface area contributed by atoms with Crippen molar-refractivity contribution >= 4 is 17.5 Å². The third-order valence-corrected chi connectivity index (χ3v) is 6.00. The molecule has 0 radical (unpaired) electrons. The number of nitrogens with zero attached hydrogens (tertiary/aromatic N) is 3. The van der Waals surface area contributed by atoms with Crippen LogP contribution in [0.25, 0.3) is 0 Å². The highest BCUT2D eigenvalue weighted by Gasteiger charge is 2.32. The molecular weight excluding hydrogens is 402 g/mol. The van der Waals surface area contributed by atoms with E-state index >= 15 is 0 Å². The molecule has 3 heterocycles. The summed E-state index contributed by atoms with van der Waals surface area (Å²) in [5.74, 6) is 1.52. The Morgan fingerprint density at radius 2 is 1.97 bits per heavy atom. The van der Waals surface area contributed by atoms with Crippen molar-refractivity contribution in [3.63, 3.8) is 0 Å². The van der Waals surface area contributed by atoms with Crippen molar-refractivity contribution in [2.75, 3.05) is 19.8 Å². The molecule has 6 nitrogen and oxygen atoms in total. The van der Waals surface area contributed by atoms with Gasteiger partial charge in [-0.3, -0.25) is 9.48 Å². The summed E-state index contributed by atoms with van der Waals surface area (Å²) in [4.78, 5) is 15.2. The molecule has 0 bridgehead atoms. The molecule has 5 rings (SSSR count). The summed E-state index contributed by atoms with van der Waals surface area (Å²) in [5, 5.41) is 5.07. The Balaban J connectivity index is 1.34. The molecular formula is C23H22ClN3O3. The van der Waals surface area contributed by atoms with E-state index in [0.29, 0.717) is 30.3 Å². The second kappa shape index (κ2) is 8.03. The second-order valence-electron chi connectivity index (χ2n) is 7.58. The zero-order chi connectivity index (χ0) is 20.5. The van der Waals surface area contributed by atoms with Gasteiger partial charge in [-0.15, -0.1) is 0 Å². The summed E-state index contributed by atoms with van der Waals surface area (Å²) in [6, 6.07) is 13.7. The summed E-state index contributed by atoms with van der Waals surface area (Å²) in [6.45, 7) is 2.37. The van der Waals surface area contributed by atoms with Gasteiger partial charge in [0.1, 0.15) is 13.2 Å². The highest BCUT2D eigenvalue weighted by molar-refractivity contribution is 6.31. The number of likely N-dealkylation sites (tertiary alicyclic amines) is 1. The predicted octanol–water partition coefficient (Wildman–Crippen LogP) is 4.33. The normalized spacial score (nSPS) is 17.9. The molecule has 30 heavy (non-hydrogen) atoms. The van der Waals surface area contributed by atoms with Gasteiger partial charge in [-0.2, -0.15) is 5.10 Å². The molecule has 1 saturated heterocycles. The molecule has 0 saturated carbocycles. The molecule has 2 aliphatic rings. The number of amides is 1. The van der Waals surface area contributed by atoms with Gasteiger partial charge in [0.2, 0.25) is 0 Å². The van der Waals surface area contributed by atoms with E-state index in [-0.39, 0.29) is 11.9 Å². The van der Waals surface area contributed by atoms with E-state index in [0.717, 1.165) is 42.0 Å². The second-order valence-corrected chi connectivity index (χ2v) is 7.98. The molecule has 3 aromatic rings. The van der Waals surface area contributed by atoms with E-state index in [9.17, 15) is 4.79 Å². The Hall–Kier alpha value is -2.99. The minimum Gasteiger partial charge on any atom is -0.486 e. The van der Waals surface area contributed by atoms with Crippen LogP contribution in [-0.4, -0.2) is 40.3 Å². The first kappa shape index (κ1) is 19.0. The predicted molar refractivity (Wildman–Crippen MR) is 113 cm³/mol. The zero-order valence-electron chi connectivity index (χ0n) is 16.5. The lowest BCUT2D eigenvalue weighted by atomic mass is 10.0. The lowest BCUT2D eigenvalue weighted by Gasteiger charge is -2.26. The number of carbonyl (C=O) groups excluding carboxylic acids is 1. The quantitative estimate of drug-likeness (QED) is 0.626. The van der Waals surface area contributed by atoms with Crippen LogP contribution in [0.3, 0.4) is 0 Å². The topological polar surface area (TPSA) is 56.6 Å².